The van der Waals surface area contributed by atoms with E-state index in [9.17, 15) is 4.39 Å². The third-order valence-corrected chi connectivity index (χ3v) is 5.24. The third-order valence-electron chi connectivity index (χ3n) is 4.95. The molecule has 1 fully saturated rings. The molecule has 31 heavy (non-hydrogen) atoms. The summed E-state index contributed by atoms with van der Waals surface area (Å²) in [6.07, 6.45) is 6.60. The molecule has 0 atom stereocenters. The first-order valence-corrected chi connectivity index (χ1v) is 10.4. The molecule has 0 unspecified atom stereocenters. The lowest BCUT2D eigenvalue weighted by Gasteiger charge is -2.28. The Morgan fingerprint density at radius 2 is 1.94 bits per heavy atom. The van der Waals surface area contributed by atoms with Crippen LogP contribution in [-0.2, 0) is 4.74 Å². The molecule has 2 aliphatic rings. The molecule has 3 heterocycles. The molecule has 1 aromatic heterocycles. The van der Waals surface area contributed by atoms with Crippen LogP contribution in [0.5, 0.6) is 0 Å². The molecule has 6 nitrogen and oxygen atoms in total. The monoisotopic (exact) mass is 439 g/mol. The van der Waals surface area contributed by atoms with Gasteiger partial charge in [0.25, 0.3) is 0 Å². The summed E-state index contributed by atoms with van der Waals surface area (Å²) in [5.41, 5.74) is 3.98. The van der Waals surface area contributed by atoms with E-state index in [4.69, 9.17) is 16.3 Å². The fraction of sp³-hybridized carbons (Fsp3) is 0.217. The smallest absolute Gasteiger partial charge is 0.227 e. The highest BCUT2D eigenvalue weighted by atomic mass is 35.5. The first-order valence-electron chi connectivity index (χ1n) is 9.99. The zero-order valence-corrected chi connectivity index (χ0v) is 17.7. The standard InChI is InChI=1S/C23H23ClFN5O/c1-16-14-20(24)21(25)7-2-17(15-27-16)22-8-9-26-23(29-22)28-18-3-5-19(6-4-18)30-10-12-31-13-11-30/h3-9,14-15,27H,1-2,10-13H2,(H,26,28,29)/b17-15+,20-14+,21-7+. The number of benzene rings is 1. The van der Waals surface area contributed by atoms with Crippen molar-refractivity contribution in [1.82, 2.24) is 15.3 Å². The Morgan fingerprint density at radius 1 is 1.16 bits per heavy atom. The molecule has 8 heteroatoms. The number of hydrogen-bond donors (Lipinski definition) is 2. The lowest BCUT2D eigenvalue weighted by atomic mass is 10.1. The second-order valence-electron chi connectivity index (χ2n) is 7.12. The second-order valence-corrected chi connectivity index (χ2v) is 7.53. The quantitative estimate of drug-likeness (QED) is 0.707. The van der Waals surface area contributed by atoms with Crippen molar-refractivity contribution in [3.8, 4) is 0 Å². The molecule has 2 N–H and O–H groups in total. The van der Waals surface area contributed by atoms with Gasteiger partial charge in [-0.25, -0.2) is 14.4 Å². The largest absolute Gasteiger partial charge is 0.378 e. The van der Waals surface area contributed by atoms with Crippen molar-refractivity contribution in [2.45, 2.75) is 6.42 Å². The van der Waals surface area contributed by atoms with Crippen molar-refractivity contribution >= 4 is 34.5 Å². The molecule has 0 spiro atoms. The van der Waals surface area contributed by atoms with Gasteiger partial charge in [-0.2, -0.15) is 0 Å². The fourth-order valence-electron chi connectivity index (χ4n) is 3.28. The summed E-state index contributed by atoms with van der Waals surface area (Å²) in [5, 5.41) is 6.26. The van der Waals surface area contributed by atoms with Crippen LogP contribution in [0.1, 0.15) is 12.1 Å². The van der Waals surface area contributed by atoms with E-state index in [1.807, 2.05) is 12.1 Å². The number of hydrogen-bond acceptors (Lipinski definition) is 6. The van der Waals surface area contributed by atoms with Crippen LogP contribution in [-0.4, -0.2) is 36.3 Å². The highest BCUT2D eigenvalue weighted by Crippen LogP contribution is 2.25. The highest BCUT2D eigenvalue weighted by molar-refractivity contribution is 6.31. The predicted molar refractivity (Wildman–Crippen MR) is 123 cm³/mol. The second kappa shape index (κ2) is 9.76. The Morgan fingerprint density at radius 3 is 2.71 bits per heavy atom. The topological polar surface area (TPSA) is 62.3 Å². The number of aromatic nitrogens is 2. The first kappa shape index (κ1) is 21.1. The van der Waals surface area contributed by atoms with E-state index < -0.39 is 5.83 Å². The summed E-state index contributed by atoms with van der Waals surface area (Å²) in [5.74, 6) is -0.0398. The van der Waals surface area contributed by atoms with Crippen LogP contribution >= 0.6 is 11.6 Å². The molecule has 160 valence electrons. The summed E-state index contributed by atoms with van der Waals surface area (Å²) in [6.45, 7) is 7.10. The average Bonchev–Trinajstić information content (AvgIpc) is 2.85. The Labute approximate surface area is 185 Å². The van der Waals surface area contributed by atoms with Gasteiger partial charge in [-0.15, -0.1) is 0 Å². The number of allylic oxidation sites excluding steroid dienone is 5. The molecule has 2 aromatic rings. The summed E-state index contributed by atoms with van der Waals surface area (Å²) in [6, 6.07) is 9.91. The Kier molecular flexibility index (Phi) is 6.64. The number of ether oxygens (including phenoxy) is 1. The lowest BCUT2D eigenvalue weighted by molar-refractivity contribution is 0.122. The van der Waals surface area contributed by atoms with Crippen molar-refractivity contribution in [3.05, 3.63) is 83.7 Å². The van der Waals surface area contributed by atoms with Crippen LogP contribution in [0.3, 0.4) is 0 Å². The zero-order chi connectivity index (χ0) is 21.6. The van der Waals surface area contributed by atoms with Gasteiger partial charge in [-0.05, 0) is 54.5 Å². The Hall–Kier alpha value is -3.16. The van der Waals surface area contributed by atoms with E-state index >= 15 is 0 Å². The molecule has 1 aromatic carbocycles. The number of rotatable bonds is 4. The lowest BCUT2D eigenvalue weighted by Crippen LogP contribution is -2.36. The maximum absolute atomic E-state index is 14.1. The fourth-order valence-corrected chi connectivity index (χ4v) is 3.49. The van der Waals surface area contributed by atoms with Gasteiger partial charge in [-0.3, -0.25) is 0 Å². The van der Waals surface area contributed by atoms with Crippen LogP contribution in [0, 0.1) is 0 Å². The van der Waals surface area contributed by atoms with Gasteiger partial charge in [-0.1, -0.05) is 18.2 Å². The summed E-state index contributed by atoms with van der Waals surface area (Å²) in [7, 11) is 0. The van der Waals surface area contributed by atoms with Gasteiger partial charge in [0.15, 0.2) is 0 Å². The van der Waals surface area contributed by atoms with Crippen LogP contribution < -0.4 is 15.5 Å². The predicted octanol–water partition coefficient (Wildman–Crippen LogP) is 4.88. The Balaban J connectivity index is 1.49. The van der Waals surface area contributed by atoms with Gasteiger partial charge in [0.05, 0.1) is 23.9 Å². The van der Waals surface area contributed by atoms with E-state index in [0.29, 0.717) is 23.8 Å². The minimum Gasteiger partial charge on any atom is -0.378 e. The van der Waals surface area contributed by atoms with Gasteiger partial charge in [0.2, 0.25) is 5.95 Å². The summed E-state index contributed by atoms with van der Waals surface area (Å²) in [4.78, 5) is 11.2. The minimum atomic E-state index is -0.495. The molecule has 0 aliphatic carbocycles. The molecule has 1 saturated heterocycles. The van der Waals surface area contributed by atoms with Crippen molar-refractivity contribution < 1.29 is 9.13 Å². The van der Waals surface area contributed by atoms with Gasteiger partial charge >= 0.3 is 0 Å². The molecular formula is C23H23ClFN5O. The number of anilines is 3. The maximum Gasteiger partial charge on any atom is 0.227 e. The number of nitrogens with one attached hydrogen (secondary N) is 2. The van der Waals surface area contributed by atoms with Crippen molar-refractivity contribution in [1.29, 1.82) is 0 Å². The molecular weight excluding hydrogens is 417 g/mol. The van der Waals surface area contributed by atoms with E-state index in [2.05, 4.69) is 44.2 Å². The van der Waals surface area contributed by atoms with E-state index in [1.165, 1.54) is 12.2 Å². The molecule has 2 aliphatic heterocycles. The number of morpholine rings is 1. The molecule has 4 rings (SSSR count). The van der Waals surface area contributed by atoms with Crippen LogP contribution in [0.25, 0.3) is 5.57 Å². The van der Waals surface area contributed by atoms with E-state index in [1.54, 1.807) is 18.5 Å². The van der Waals surface area contributed by atoms with Crippen molar-refractivity contribution in [3.63, 3.8) is 0 Å². The zero-order valence-electron chi connectivity index (χ0n) is 16.9. The number of halogens is 2. The van der Waals surface area contributed by atoms with E-state index in [0.717, 1.165) is 43.3 Å². The van der Waals surface area contributed by atoms with Gasteiger partial charge in [0.1, 0.15) is 5.83 Å². The number of nitrogens with zero attached hydrogens (tertiary/aromatic N) is 3. The van der Waals surface area contributed by atoms with E-state index in [-0.39, 0.29) is 5.03 Å². The van der Waals surface area contributed by atoms with Crippen LogP contribution in [0.4, 0.5) is 21.7 Å². The Bertz CT molecular complexity index is 1040. The van der Waals surface area contributed by atoms with Crippen LogP contribution in [0.2, 0.25) is 0 Å². The first-order chi connectivity index (χ1) is 15.1. The van der Waals surface area contributed by atoms with Crippen LogP contribution in [0.15, 0.2) is 78.0 Å². The molecule has 0 bridgehead atoms. The highest BCUT2D eigenvalue weighted by Gasteiger charge is 2.12. The summed E-state index contributed by atoms with van der Waals surface area (Å²) >= 11 is 5.93. The maximum atomic E-state index is 14.1. The molecule has 0 amide bonds. The minimum absolute atomic E-state index is 0.0118. The van der Waals surface area contributed by atoms with Crippen molar-refractivity contribution in [2.24, 2.45) is 0 Å². The SMILES string of the molecule is C=C1/C=C(Cl)\C(F)=C/C/C(c2ccnc(Nc3ccc(N4CCOCC4)cc3)n2)=C\N1. The molecule has 0 radical (unpaired) electrons. The van der Waals surface area contributed by atoms with Gasteiger partial charge < -0.3 is 20.3 Å². The normalized spacial score (nSPS) is 22.5. The average molecular weight is 440 g/mol. The third kappa shape index (κ3) is 5.51. The van der Waals surface area contributed by atoms with Crippen molar-refractivity contribution in [2.75, 3.05) is 36.5 Å². The molecule has 0 saturated carbocycles. The summed E-state index contributed by atoms with van der Waals surface area (Å²) < 4.78 is 19.5. The van der Waals surface area contributed by atoms with Gasteiger partial charge in [0, 0.05) is 42.6 Å².